The summed E-state index contributed by atoms with van der Waals surface area (Å²) in [5, 5.41) is 0.829. The highest BCUT2D eigenvalue weighted by molar-refractivity contribution is 7.98. The number of thioether (sulfide) groups is 1. The van der Waals surface area contributed by atoms with Gasteiger partial charge in [0.1, 0.15) is 0 Å². The molecular weight excluding hydrogens is 311 g/mol. The summed E-state index contributed by atoms with van der Waals surface area (Å²) < 4.78 is 0. The second kappa shape index (κ2) is 6.98. The zero-order valence-electron chi connectivity index (χ0n) is 10.8. The van der Waals surface area contributed by atoms with Crippen LogP contribution in [0.15, 0.2) is 53.4 Å². The maximum absolute atomic E-state index is 12.0. The van der Waals surface area contributed by atoms with Gasteiger partial charge in [-0.25, -0.2) is 0 Å². The van der Waals surface area contributed by atoms with Crippen molar-refractivity contribution >= 4 is 46.8 Å². The highest BCUT2D eigenvalue weighted by Crippen LogP contribution is 2.23. The van der Waals surface area contributed by atoms with Crippen LogP contribution in [0.25, 0.3) is 6.08 Å². The molecule has 0 amide bonds. The van der Waals surface area contributed by atoms with Crippen molar-refractivity contribution in [3.8, 4) is 0 Å². The van der Waals surface area contributed by atoms with Gasteiger partial charge in [0.15, 0.2) is 5.78 Å². The Morgan fingerprint density at radius 1 is 1.05 bits per heavy atom. The van der Waals surface area contributed by atoms with Crippen molar-refractivity contribution in [2.45, 2.75) is 4.90 Å². The van der Waals surface area contributed by atoms with Gasteiger partial charge in [0.25, 0.3) is 0 Å². The van der Waals surface area contributed by atoms with Crippen molar-refractivity contribution in [3.63, 3.8) is 0 Å². The Morgan fingerprint density at radius 3 is 2.35 bits per heavy atom. The van der Waals surface area contributed by atoms with Crippen LogP contribution in [0, 0.1) is 0 Å². The van der Waals surface area contributed by atoms with Crippen LogP contribution in [0.1, 0.15) is 15.9 Å². The lowest BCUT2D eigenvalue weighted by Crippen LogP contribution is -1.93. The Balaban J connectivity index is 2.13. The smallest absolute Gasteiger partial charge is 0.185 e. The summed E-state index contributed by atoms with van der Waals surface area (Å²) in [5.74, 6) is -0.0995. The fourth-order valence-electron chi connectivity index (χ4n) is 1.63. The van der Waals surface area contributed by atoms with Crippen LogP contribution < -0.4 is 0 Å². The molecule has 2 aromatic rings. The number of allylic oxidation sites excluding steroid dienone is 1. The zero-order valence-corrected chi connectivity index (χ0v) is 13.1. The number of carbonyl (C=O) groups is 1. The normalized spacial score (nSPS) is 10.9. The summed E-state index contributed by atoms with van der Waals surface area (Å²) in [6.07, 6.45) is 5.35. The lowest BCUT2D eigenvalue weighted by Gasteiger charge is -1.99. The van der Waals surface area contributed by atoms with Crippen LogP contribution in [-0.4, -0.2) is 12.0 Å². The first-order chi connectivity index (χ1) is 9.60. The summed E-state index contributed by atoms with van der Waals surface area (Å²) in [5.41, 5.74) is 1.51. The van der Waals surface area contributed by atoms with E-state index < -0.39 is 0 Å². The van der Waals surface area contributed by atoms with Crippen LogP contribution in [0.4, 0.5) is 0 Å². The van der Waals surface area contributed by atoms with E-state index >= 15 is 0 Å². The van der Waals surface area contributed by atoms with Crippen molar-refractivity contribution in [1.82, 2.24) is 0 Å². The van der Waals surface area contributed by atoms with E-state index in [1.807, 2.05) is 30.5 Å². The first-order valence-corrected chi connectivity index (χ1v) is 7.90. The summed E-state index contributed by atoms with van der Waals surface area (Å²) >= 11 is 13.4. The SMILES string of the molecule is CSc1ccc(/C=C/C(=O)c2ccc(Cl)c(Cl)c2)cc1. The fourth-order valence-corrected chi connectivity index (χ4v) is 2.34. The van der Waals surface area contributed by atoms with Crippen molar-refractivity contribution in [2.24, 2.45) is 0 Å². The summed E-state index contributed by atoms with van der Waals surface area (Å²) in [6, 6.07) is 12.9. The van der Waals surface area contributed by atoms with E-state index in [-0.39, 0.29) is 5.78 Å². The Hall–Kier alpha value is -1.22. The predicted molar refractivity (Wildman–Crippen MR) is 88.0 cm³/mol. The van der Waals surface area contributed by atoms with Crippen LogP contribution >= 0.6 is 35.0 Å². The Kier molecular flexibility index (Phi) is 5.30. The number of carbonyl (C=O) groups excluding carboxylic acids is 1. The van der Waals surface area contributed by atoms with Crippen molar-refractivity contribution in [1.29, 1.82) is 0 Å². The van der Waals surface area contributed by atoms with Crippen molar-refractivity contribution < 1.29 is 4.79 Å². The van der Waals surface area contributed by atoms with Gasteiger partial charge in [0, 0.05) is 10.5 Å². The van der Waals surface area contributed by atoms with Crippen molar-refractivity contribution in [2.75, 3.05) is 6.26 Å². The molecule has 0 fully saturated rings. The van der Waals surface area contributed by atoms with Crippen LogP contribution in [0.2, 0.25) is 10.0 Å². The third kappa shape index (κ3) is 3.89. The highest BCUT2D eigenvalue weighted by Gasteiger charge is 2.05. The molecule has 0 aliphatic carbocycles. The minimum atomic E-state index is -0.0995. The van der Waals surface area contributed by atoms with Crippen LogP contribution in [-0.2, 0) is 0 Å². The molecule has 0 unspecified atom stereocenters. The van der Waals surface area contributed by atoms with E-state index in [4.69, 9.17) is 23.2 Å². The van der Waals surface area contributed by atoms with E-state index in [1.54, 1.807) is 36.0 Å². The molecule has 0 heterocycles. The van der Waals surface area contributed by atoms with E-state index in [0.717, 1.165) is 5.56 Å². The van der Waals surface area contributed by atoms with Gasteiger partial charge in [-0.05, 0) is 48.2 Å². The van der Waals surface area contributed by atoms with Gasteiger partial charge in [-0.2, -0.15) is 0 Å². The zero-order chi connectivity index (χ0) is 14.5. The molecular formula is C16H12Cl2OS. The molecule has 0 spiro atoms. The second-order valence-corrected chi connectivity index (χ2v) is 5.79. The van der Waals surface area contributed by atoms with Gasteiger partial charge in [-0.15, -0.1) is 11.8 Å². The quantitative estimate of drug-likeness (QED) is 0.413. The first-order valence-electron chi connectivity index (χ1n) is 5.91. The van der Waals surface area contributed by atoms with Gasteiger partial charge in [0.2, 0.25) is 0 Å². The average Bonchev–Trinajstić information content (AvgIpc) is 2.48. The molecule has 1 nitrogen and oxygen atoms in total. The monoisotopic (exact) mass is 322 g/mol. The molecule has 0 aliphatic heterocycles. The average molecular weight is 323 g/mol. The number of hydrogen-bond acceptors (Lipinski definition) is 2. The van der Waals surface area contributed by atoms with Gasteiger partial charge >= 0.3 is 0 Å². The third-order valence-electron chi connectivity index (χ3n) is 2.75. The second-order valence-electron chi connectivity index (χ2n) is 4.10. The molecule has 4 heteroatoms. The Bertz CT molecular complexity index is 648. The van der Waals surface area contributed by atoms with Gasteiger partial charge in [0.05, 0.1) is 10.0 Å². The van der Waals surface area contributed by atoms with Gasteiger partial charge < -0.3 is 0 Å². The molecule has 0 atom stereocenters. The lowest BCUT2D eigenvalue weighted by molar-refractivity contribution is 0.104. The molecule has 0 N–H and O–H groups in total. The van der Waals surface area contributed by atoms with Crippen LogP contribution in [0.3, 0.4) is 0 Å². The highest BCUT2D eigenvalue weighted by atomic mass is 35.5. The molecule has 0 saturated carbocycles. The van der Waals surface area contributed by atoms with Crippen molar-refractivity contribution in [3.05, 3.63) is 69.7 Å². The number of hydrogen-bond donors (Lipinski definition) is 0. The number of benzene rings is 2. The van der Waals surface area contributed by atoms with E-state index in [2.05, 4.69) is 0 Å². The minimum Gasteiger partial charge on any atom is -0.289 e. The number of halogens is 2. The largest absolute Gasteiger partial charge is 0.289 e. The fraction of sp³-hybridized carbons (Fsp3) is 0.0625. The standard InChI is InChI=1S/C16H12Cl2OS/c1-20-13-6-2-11(3-7-13)4-9-16(19)12-5-8-14(17)15(18)10-12/h2-10H,1H3/b9-4+. The molecule has 2 aromatic carbocycles. The first kappa shape index (κ1) is 15.2. The van der Waals surface area contributed by atoms with Gasteiger partial charge in [-0.3, -0.25) is 4.79 Å². The van der Waals surface area contributed by atoms with E-state index in [1.165, 1.54) is 11.0 Å². The molecule has 0 bridgehead atoms. The number of rotatable bonds is 4. The molecule has 0 saturated heterocycles. The third-order valence-corrected chi connectivity index (χ3v) is 4.23. The maximum atomic E-state index is 12.0. The molecule has 0 aliphatic rings. The Morgan fingerprint density at radius 2 is 1.75 bits per heavy atom. The van der Waals surface area contributed by atoms with E-state index in [9.17, 15) is 4.79 Å². The Labute approximate surface area is 132 Å². The van der Waals surface area contributed by atoms with Crippen LogP contribution in [0.5, 0.6) is 0 Å². The number of ketones is 1. The molecule has 102 valence electrons. The molecule has 2 rings (SSSR count). The van der Waals surface area contributed by atoms with E-state index in [0.29, 0.717) is 15.6 Å². The minimum absolute atomic E-state index is 0.0995. The van der Waals surface area contributed by atoms with Gasteiger partial charge in [-0.1, -0.05) is 41.4 Å². The molecule has 20 heavy (non-hydrogen) atoms. The predicted octanol–water partition coefficient (Wildman–Crippen LogP) is 5.61. The maximum Gasteiger partial charge on any atom is 0.185 e. The lowest BCUT2D eigenvalue weighted by atomic mass is 10.1. The summed E-state index contributed by atoms with van der Waals surface area (Å²) in [6.45, 7) is 0. The summed E-state index contributed by atoms with van der Waals surface area (Å²) in [4.78, 5) is 13.2. The summed E-state index contributed by atoms with van der Waals surface area (Å²) in [7, 11) is 0. The topological polar surface area (TPSA) is 17.1 Å². The molecule has 0 radical (unpaired) electrons. The molecule has 0 aromatic heterocycles.